The predicted octanol–water partition coefficient (Wildman–Crippen LogP) is 1.42. The zero-order valence-corrected chi connectivity index (χ0v) is 17.3. The van der Waals surface area contributed by atoms with Gasteiger partial charge in [0.15, 0.2) is 11.5 Å². The second-order valence-corrected chi connectivity index (χ2v) is 8.27. The van der Waals surface area contributed by atoms with E-state index in [9.17, 15) is 0 Å². The Kier molecular flexibility index (Phi) is 4.71. The average Bonchev–Trinajstić information content (AvgIpc) is 3.33. The topological polar surface area (TPSA) is 76.6 Å². The molecule has 29 heavy (non-hydrogen) atoms. The summed E-state index contributed by atoms with van der Waals surface area (Å²) >= 11 is 0. The lowest BCUT2D eigenvalue weighted by molar-refractivity contribution is 0.00984. The molecule has 9 nitrogen and oxygen atoms in total. The normalized spacial score (nSPS) is 20.9. The lowest BCUT2D eigenvalue weighted by Crippen LogP contribution is -2.38. The van der Waals surface area contributed by atoms with E-state index in [-0.39, 0.29) is 6.10 Å². The van der Waals surface area contributed by atoms with Crippen molar-refractivity contribution in [2.24, 2.45) is 7.05 Å². The van der Waals surface area contributed by atoms with Gasteiger partial charge in [-0.1, -0.05) is 0 Å². The van der Waals surface area contributed by atoms with Crippen LogP contribution in [0, 0.1) is 0 Å². The van der Waals surface area contributed by atoms with Crippen molar-refractivity contribution in [2.75, 3.05) is 45.2 Å². The van der Waals surface area contributed by atoms with Gasteiger partial charge >= 0.3 is 0 Å². The molecule has 0 aliphatic carbocycles. The Morgan fingerprint density at radius 2 is 2.00 bits per heavy atom. The van der Waals surface area contributed by atoms with Crippen LogP contribution in [0.2, 0.25) is 0 Å². The minimum absolute atomic E-state index is 0.127. The Morgan fingerprint density at radius 1 is 1.17 bits per heavy atom. The second kappa shape index (κ2) is 7.38. The molecule has 154 valence electrons. The van der Waals surface area contributed by atoms with Crippen LogP contribution in [0.25, 0.3) is 5.65 Å². The number of aryl methyl sites for hydroxylation is 1. The van der Waals surface area contributed by atoms with E-state index >= 15 is 0 Å². The van der Waals surface area contributed by atoms with Crippen LogP contribution >= 0.6 is 0 Å². The van der Waals surface area contributed by atoms with E-state index in [1.807, 2.05) is 53.6 Å². The molecule has 9 heteroatoms. The van der Waals surface area contributed by atoms with Gasteiger partial charge in [0, 0.05) is 51.3 Å². The molecule has 0 radical (unpaired) electrons. The fourth-order valence-corrected chi connectivity index (χ4v) is 4.49. The summed E-state index contributed by atoms with van der Waals surface area (Å²) < 4.78 is 9.98. The summed E-state index contributed by atoms with van der Waals surface area (Å²) in [6.07, 6.45) is 5.17. The molecule has 1 atom stereocenters. The van der Waals surface area contributed by atoms with Crippen LogP contribution in [0.5, 0.6) is 0 Å². The third-order valence-corrected chi connectivity index (χ3v) is 6.21. The molecule has 1 unspecified atom stereocenters. The molecule has 0 N–H and O–H groups in total. The summed E-state index contributed by atoms with van der Waals surface area (Å²) in [5.41, 5.74) is 3.38. The average molecular weight is 396 g/mol. The lowest BCUT2D eigenvalue weighted by Gasteiger charge is -2.34. The molecule has 1 saturated heterocycles. The van der Waals surface area contributed by atoms with E-state index < -0.39 is 0 Å². The number of anilines is 1. The zero-order chi connectivity index (χ0) is 20.0. The molecule has 3 aromatic rings. The van der Waals surface area contributed by atoms with Crippen molar-refractivity contribution in [1.82, 2.24) is 34.5 Å². The number of hydrogen-bond donors (Lipinski definition) is 0. The quantitative estimate of drug-likeness (QED) is 0.660. The Labute approximate surface area is 170 Å². The Balaban J connectivity index is 1.27. The third-order valence-electron chi connectivity index (χ3n) is 6.21. The van der Waals surface area contributed by atoms with Gasteiger partial charge in [-0.15, -0.1) is 15.3 Å². The van der Waals surface area contributed by atoms with Crippen LogP contribution in [0.1, 0.15) is 41.9 Å². The van der Waals surface area contributed by atoms with Gasteiger partial charge in [0.25, 0.3) is 0 Å². The Morgan fingerprint density at radius 3 is 2.79 bits per heavy atom. The minimum Gasteiger partial charge on any atom is -0.372 e. The summed E-state index contributed by atoms with van der Waals surface area (Å²) in [5.74, 6) is 2.27. The number of piperidine rings is 1. The largest absolute Gasteiger partial charge is 0.372 e. The molecule has 5 rings (SSSR count). The molecule has 1 fully saturated rings. The van der Waals surface area contributed by atoms with Crippen LogP contribution < -0.4 is 4.90 Å². The monoisotopic (exact) mass is 396 g/mol. The number of aromatic nitrogens is 6. The summed E-state index contributed by atoms with van der Waals surface area (Å²) in [4.78, 5) is 4.51. The highest BCUT2D eigenvalue weighted by Gasteiger charge is 2.30. The van der Waals surface area contributed by atoms with Gasteiger partial charge in [0.05, 0.1) is 18.9 Å². The van der Waals surface area contributed by atoms with Crippen molar-refractivity contribution in [3.05, 3.63) is 35.4 Å². The lowest BCUT2D eigenvalue weighted by atomic mass is 9.95. The Bertz CT molecular complexity index is 1000. The predicted molar refractivity (Wildman–Crippen MR) is 109 cm³/mol. The first-order valence-corrected chi connectivity index (χ1v) is 10.3. The second-order valence-electron chi connectivity index (χ2n) is 8.27. The fraction of sp³-hybridized carbons (Fsp3) is 0.600. The van der Waals surface area contributed by atoms with Crippen LogP contribution in [-0.2, 0) is 18.2 Å². The number of nitrogens with zero attached hydrogens (tertiary/aromatic N) is 8. The number of likely N-dealkylation sites (tertiary alicyclic amines) is 1. The zero-order valence-electron chi connectivity index (χ0n) is 17.3. The molecule has 0 bridgehead atoms. The molecule has 0 amide bonds. The first-order valence-electron chi connectivity index (χ1n) is 10.3. The smallest absolute Gasteiger partial charge is 0.178 e. The van der Waals surface area contributed by atoms with Gasteiger partial charge in [0.2, 0.25) is 0 Å². The van der Waals surface area contributed by atoms with Crippen molar-refractivity contribution in [2.45, 2.75) is 31.3 Å². The number of hydrogen-bond acceptors (Lipinski definition) is 7. The number of fused-ring (bicyclic) bond motifs is 2. The maximum Gasteiger partial charge on any atom is 0.178 e. The highest BCUT2D eigenvalue weighted by atomic mass is 16.5. The Hall–Kier alpha value is -2.52. The first-order chi connectivity index (χ1) is 14.1. The van der Waals surface area contributed by atoms with E-state index in [0.717, 1.165) is 62.8 Å². The molecule has 3 aromatic heterocycles. The van der Waals surface area contributed by atoms with E-state index in [2.05, 4.69) is 20.2 Å². The standard InChI is InChI=1S/C20H28N8O/c1-25(2)19-5-4-18-22-23-20(28(18)24-19)14-6-9-27(10-7-14)13-17-15-12-21-26(3)16(15)8-11-29-17/h4-5,12,14,17H,6-11,13H2,1-3H3. The molecule has 0 aromatic carbocycles. The van der Waals surface area contributed by atoms with Gasteiger partial charge in [-0.2, -0.15) is 9.61 Å². The highest BCUT2D eigenvalue weighted by Crippen LogP contribution is 2.31. The van der Waals surface area contributed by atoms with E-state index in [4.69, 9.17) is 9.84 Å². The maximum absolute atomic E-state index is 6.08. The number of ether oxygens (including phenoxy) is 1. The van der Waals surface area contributed by atoms with E-state index in [1.54, 1.807) is 0 Å². The summed E-state index contributed by atoms with van der Waals surface area (Å²) in [6.45, 7) is 3.76. The van der Waals surface area contributed by atoms with Crippen LogP contribution in [-0.4, -0.2) is 74.8 Å². The van der Waals surface area contributed by atoms with Crippen molar-refractivity contribution in [1.29, 1.82) is 0 Å². The third kappa shape index (κ3) is 3.38. The van der Waals surface area contributed by atoms with Crippen LogP contribution in [0.4, 0.5) is 5.82 Å². The van der Waals surface area contributed by atoms with E-state index in [1.165, 1.54) is 11.3 Å². The van der Waals surface area contributed by atoms with Gasteiger partial charge < -0.3 is 14.5 Å². The summed E-state index contributed by atoms with van der Waals surface area (Å²) in [6, 6.07) is 3.97. The molecule has 2 aliphatic rings. The first kappa shape index (κ1) is 18.5. The van der Waals surface area contributed by atoms with Gasteiger partial charge in [-0.3, -0.25) is 4.68 Å². The van der Waals surface area contributed by atoms with E-state index in [0.29, 0.717) is 5.92 Å². The van der Waals surface area contributed by atoms with Gasteiger partial charge in [0.1, 0.15) is 5.82 Å². The minimum atomic E-state index is 0.127. The molecular weight excluding hydrogens is 368 g/mol. The molecular formula is C20H28N8O. The summed E-state index contributed by atoms with van der Waals surface area (Å²) in [7, 11) is 6.01. The van der Waals surface area contributed by atoms with Crippen molar-refractivity contribution in [3.8, 4) is 0 Å². The van der Waals surface area contributed by atoms with Gasteiger partial charge in [-0.05, 0) is 38.1 Å². The molecule has 2 aliphatic heterocycles. The van der Waals surface area contributed by atoms with Crippen molar-refractivity contribution in [3.63, 3.8) is 0 Å². The van der Waals surface area contributed by atoms with Crippen LogP contribution in [0.15, 0.2) is 18.3 Å². The van der Waals surface area contributed by atoms with Crippen molar-refractivity contribution >= 4 is 11.5 Å². The van der Waals surface area contributed by atoms with Crippen LogP contribution in [0.3, 0.4) is 0 Å². The molecule has 0 saturated carbocycles. The fourth-order valence-electron chi connectivity index (χ4n) is 4.49. The highest BCUT2D eigenvalue weighted by molar-refractivity contribution is 5.45. The SMILES string of the molecule is CN(C)c1ccc2nnc(C3CCN(CC4OCCc5c4cnn5C)CC3)n2n1. The number of rotatable bonds is 4. The maximum atomic E-state index is 6.08. The summed E-state index contributed by atoms with van der Waals surface area (Å²) in [5, 5.41) is 17.9. The van der Waals surface area contributed by atoms with Crippen molar-refractivity contribution < 1.29 is 4.74 Å². The molecule has 5 heterocycles. The molecule has 0 spiro atoms. The van der Waals surface area contributed by atoms with Gasteiger partial charge in [-0.25, -0.2) is 0 Å².